The van der Waals surface area contributed by atoms with Gasteiger partial charge in [0.2, 0.25) is 26.2 Å². The van der Waals surface area contributed by atoms with Gasteiger partial charge in [-0.15, -0.1) is 0 Å². The van der Waals surface area contributed by atoms with E-state index in [2.05, 4.69) is 25.6 Å². The summed E-state index contributed by atoms with van der Waals surface area (Å²) in [7, 11) is 2.81. The summed E-state index contributed by atoms with van der Waals surface area (Å²) >= 11 is 0. The highest BCUT2D eigenvalue weighted by molar-refractivity contribution is 7.89. The molecule has 0 radical (unpaired) electrons. The van der Waals surface area contributed by atoms with Crippen molar-refractivity contribution in [2.24, 2.45) is 5.16 Å². The average molecular weight is 1290 g/mol. The number of rotatable bonds is 13. The van der Waals surface area contributed by atoms with Crippen LogP contribution in [-0.4, -0.2) is 190 Å². The predicted octanol–water partition coefficient (Wildman–Crippen LogP) is 7.28. The van der Waals surface area contributed by atoms with Crippen LogP contribution < -0.4 is 10.6 Å². The minimum Gasteiger partial charge on any atom is -0.478 e. The third-order valence-corrected chi connectivity index (χ3v) is 17.6. The van der Waals surface area contributed by atoms with Gasteiger partial charge in [-0.2, -0.15) is 0 Å². The molecular formula is C62H84N8O18S2. The first-order chi connectivity index (χ1) is 42.1. The zero-order valence-electron chi connectivity index (χ0n) is 53.9. The molecule has 492 valence electrons. The van der Waals surface area contributed by atoms with Gasteiger partial charge in [-0.05, 0) is 149 Å². The van der Waals surface area contributed by atoms with Gasteiger partial charge in [0.1, 0.15) is 11.2 Å². The minimum absolute atomic E-state index is 0.0572. The van der Waals surface area contributed by atoms with Gasteiger partial charge in [0.25, 0.3) is 17.6 Å². The van der Waals surface area contributed by atoms with E-state index in [-0.39, 0.29) is 35.0 Å². The Bertz CT molecular complexity index is 3570. The van der Waals surface area contributed by atoms with Crippen molar-refractivity contribution in [3.8, 4) is 22.3 Å². The highest BCUT2D eigenvalue weighted by Gasteiger charge is 2.40. The minimum atomic E-state index is -3.58. The summed E-state index contributed by atoms with van der Waals surface area (Å²) in [6.07, 6.45) is -2.97. The summed E-state index contributed by atoms with van der Waals surface area (Å²) in [5, 5.41) is 28.1. The van der Waals surface area contributed by atoms with Crippen molar-refractivity contribution in [2.45, 2.75) is 141 Å². The van der Waals surface area contributed by atoms with Gasteiger partial charge >= 0.3 is 24.1 Å². The lowest BCUT2D eigenvalue weighted by Gasteiger charge is -2.29. The number of carbonyl (C=O) groups excluding carboxylic acids is 6. The smallest absolute Gasteiger partial charge is 0.444 e. The van der Waals surface area contributed by atoms with Crippen LogP contribution >= 0.6 is 0 Å². The van der Waals surface area contributed by atoms with E-state index in [1.807, 2.05) is 41.8 Å². The maximum absolute atomic E-state index is 12.8. The number of fused-ring (bicyclic) bond motifs is 6. The van der Waals surface area contributed by atoms with Crippen molar-refractivity contribution >= 4 is 78.9 Å². The number of Topliss-reactive ketones (excluding diaryl/α,β-unsaturated/α-hetero) is 1. The van der Waals surface area contributed by atoms with Crippen molar-refractivity contribution in [3.63, 3.8) is 0 Å². The Morgan fingerprint density at radius 1 is 0.667 bits per heavy atom. The summed E-state index contributed by atoms with van der Waals surface area (Å²) in [6.45, 7) is 20.5. The van der Waals surface area contributed by atoms with Gasteiger partial charge in [-0.3, -0.25) is 14.4 Å². The van der Waals surface area contributed by atoms with E-state index in [1.54, 1.807) is 102 Å². The number of hydrogen-bond donors (Lipinski definition) is 4. The number of nitrogens with zero attached hydrogens (tertiary/aromatic N) is 6. The lowest BCUT2D eigenvalue weighted by Crippen LogP contribution is -2.46. The summed E-state index contributed by atoms with van der Waals surface area (Å²) in [5.74, 6) is -3.59. The molecule has 0 saturated carbocycles. The second-order valence-electron chi connectivity index (χ2n) is 23.1. The number of hydrogen-bond acceptors (Lipinski definition) is 20. The Morgan fingerprint density at radius 3 is 1.48 bits per heavy atom. The maximum Gasteiger partial charge on any atom is 0.444 e. The molecule has 4 amide bonds. The van der Waals surface area contributed by atoms with Crippen molar-refractivity contribution in [3.05, 3.63) is 94.0 Å². The predicted molar refractivity (Wildman–Crippen MR) is 335 cm³/mol. The van der Waals surface area contributed by atoms with Gasteiger partial charge in [-0.1, -0.05) is 62.2 Å². The lowest BCUT2D eigenvalue weighted by molar-refractivity contribution is -0.181. The molecule has 4 aromatic rings. The third kappa shape index (κ3) is 17.4. The molecule has 0 spiro atoms. The number of hydroxylamine groups is 2. The number of aliphatic carboxylic acids is 1. The maximum atomic E-state index is 12.8. The standard InChI is InChI=1S/C24H28N4O7S.C20H21N3O4S.C14H23NO7.2C2H6/c1-27(2)36(33,34)15-6-4-14(5-7-15)17-12-18-21(19-13-28(3)10-8-16(17)19)25-23(30)22(18)26-35-20(9-11-29)24(31)32;1-22(2)28(26,27)13-6-4-12(5-7-13)15-10-16-18(21-20(25)19(16)24)17-11-23(3)9-8-14(15)17;1-13(2,3)20-11(17)15(12(18)21-14(4,5)6)22-9-7-8-19-10(9)16;2*1-2/h4-7,12,20,29H,8-11,13H2,1-3H3,(H,31,32)(H,25,26,30);4-7,10H,8-9,11H2,1-3H3,(H,21,24,25);9H,7-8H2,1-6H3;2*1-2H3. The number of imide groups is 1. The number of ketones is 1. The fourth-order valence-corrected chi connectivity index (χ4v) is 11.4. The molecule has 2 unspecified atom stereocenters. The number of ether oxygens (including phenoxy) is 3. The van der Waals surface area contributed by atoms with Crippen LogP contribution in [0.1, 0.15) is 120 Å². The number of aliphatic hydroxyl groups excluding tert-OH is 1. The molecule has 1 saturated heterocycles. The number of carbonyl (C=O) groups is 7. The van der Waals surface area contributed by atoms with E-state index < -0.39 is 91.8 Å². The first-order valence-corrected chi connectivity index (χ1v) is 32.2. The highest BCUT2D eigenvalue weighted by atomic mass is 32.2. The van der Waals surface area contributed by atoms with Crippen LogP contribution in [0.15, 0.2) is 75.6 Å². The molecule has 0 aromatic heterocycles. The van der Waals surface area contributed by atoms with Crippen LogP contribution in [0.5, 0.6) is 0 Å². The summed E-state index contributed by atoms with van der Waals surface area (Å²) < 4.78 is 66.8. The molecule has 28 heteroatoms. The number of benzene rings is 4. The molecule has 5 aliphatic rings. The fourth-order valence-electron chi connectivity index (χ4n) is 9.58. The fraction of sp³-hybridized carbons (Fsp3) is 0.484. The van der Waals surface area contributed by atoms with E-state index in [0.29, 0.717) is 40.7 Å². The summed E-state index contributed by atoms with van der Waals surface area (Å²) in [5.41, 5.74) is 7.69. The van der Waals surface area contributed by atoms with Crippen LogP contribution in [0, 0.1) is 0 Å². The van der Waals surface area contributed by atoms with Crippen molar-refractivity contribution in [1.29, 1.82) is 0 Å². The highest BCUT2D eigenvalue weighted by Crippen LogP contribution is 2.42. The average Bonchev–Trinajstić information content (AvgIpc) is 1.51. The molecule has 90 heavy (non-hydrogen) atoms. The number of carboxylic acid groups (broad SMARTS) is 1. The molecule has 0 bridgehead atoms. The summed E-state index contributed by atoms with van der Waals surface area (Å²) in [4.78, 5) is 99.0. The topological polar surface area (TPSA) is 327 Å². The number of anilines is 2. The van der Waals surface area contributed by atoms with E-state index >= 15 is 0 Å². The monoisotopic (exact) mass is 1290 g/mol. The largest absolute Gasteiger partial charge is 0.478 e. The number of carboxylic acids is 1. The van der Waals surface area contributed by atoms with Crippen molar-refractivity contribution in [2.75, 3.05) is 79.2 Å². The number of amides is 4. The molecule has 26 nitrogen and oxygen atoms in total. The van der Waals surface area contributed by atoms with Crippen LogP contribution in [0.4, 0.5) is 21.0 Å². The zero-order chi connectivity index (χ0) is 67.5. The Labute approximate surface area is 526 Å². The second-order valence-corrected chi connectivity index (χ2v) is 27.4. The Kier molecular flexibility index (Phi) is 24.7. The van der Waals surface area contributed by atoms with Gasteiger partial charge in [0, 0.05) is 79.4 Å². The number of sulfonamides is 2. The number of aliphatic hydroxyl groups is 1. The number of nitrogens with one attached hydrogen (secondary N) is 2. The van der Waals surface area contributed by atoms with Crippen LogP contribution in [0.25, 0.3) is 22.3 Å². The van der Waals surface area contributed by atoms with Gasteiger partial charge in [0.15, 0.2) is 11.8 Å². The Hall–Kier alpha value is -7.70. The third-order valence-electron chi connectivity index (χ3n) is 13.9. The van der Waals surface area contributed by atoms with Crippen LogP contribution in [0.3, 0.4) is 0 Å². The van der Waals surface area contributed by atoms with Gasteiger partial charge < -0.3 is 49.7 Å². The second kappa shape index (κ2) is 30.4. The van der Waals surface area contributed by atoms with E-state index in [1.165, 1.54) is 32.5 Å². The van der Waals surface area contributed by atoms with Crippen LogP contribution in [-0.2, 0) is 89.0 Å². The lowest BCUT2D eigenvalue weighted by atomic mass is 9.87. The molecule has 5 heterocycles. The number of oxime groups is 1. The number of likely N-dealkylation sites (N-methyl/N-ethyl adjacent to an activating group) is 2. The van der Waals surface area contributed by atoms with E-state index in [0.717, 1.165) is 74.7 Å². The van der Waals surface area contributed by atoms with Crippen molar-refractivity contribution in [1.82, 2.24) is 23.5 Å². The molecule has 4 N–H and O–H groups in total. The Morgan fingerprint density at radius 2 is 1.09 bits per heavy atom. The molecular weight excluding hydrogens is 1210 g/mol. The molecule has 9 rings (SSSR count). The van der Waals surface area contributed by atoms with E-state index in [4.69, 9.17) is 29.0 Å². The normalized spacial score (nSPS) is 17.0. The number of esters is 1. The number of cyclic esters (lactones) is 1. The van der Waals surface area contributed by atoms with Gasteiger partial charge in [-0.25, -0.2) is 49.5 Å². The first kappa shape index (κ1) is 73.0. The zero-order valence-corrected chi connectivity index (χ0v) is 55.6. The molecule has 0 aliphatic carbocycles. The van der Waals surface area contributed by atoms with Gasteiger partial charge in [0.05, 0.1) is 33.3 Å². The summed E-state index contributed by atoms with van der Waals surface area (Å²) in [6, 6.07) is 16.8. The molecule has 2 atom stereocenters. The molecule has 1 fully saturated rings. The Balaban J connectivity index is 0.000000246. The quantitative estimate of drug-likeness (QED) is 0.0442. The first-order valence-electron chi connectivity index (χ1n) is 29.3. The molecule has 4 aromatic carbocycles. The van der Waals surface area contributed by atoms with Crippen LogP contribution in [0.2, 0.25) is 0 Å². The molecule has 5 aliphatic heterocycles. The van der Waals surface area contributed by atoms with Crippen molar-refractivity contribution < 1.29 is 84.5 Å². The SMILES string of the molecule is CC.CC.CC(C)(C)OC(=O)N(OC1CCOC1=O)C(=O)OC(C)(C)C.CN1CCc2c(-c3ccc(S(=O)(=O)N(C)C)cc3)cc3c(c2C1)NC(=O)/C3=N/OC(CCO)C(=O)O.CN1CCc2c(-c3ccc(S(=O)(=O)N(C)C)cc3)cc3c(c2C1)NC(=O)C3=O. The van der Waals surface area contributed by atoms with E-state index in [9.17, 15) is 55.5 Å².